The molecule has 1 unspecified atom stereocenters. The van der Waals surface area contributed by atoms with Crippen molar-refractivity contribution in [3.63, 3.8) is 0 Å². The number of Topliss-reactive ketones (excluding diaryl/α,β-unsaturated/α-hetero) is 1. The van der Waals surface area contributed by atoms with E-state index in [0.717, 1.165) is 32.2 Å². The van der Waals surface area contributed by atoms with Crippen molar-refractivity contribution in [2.75, 3.05) is 20.6 Å². The van der Waals surface area contributed by atoms with Gasteiger partial charge in [0.2, 0.25) is 0 Å². The van der Waals surface area contributed by atoms with E-state index in [1.165, 1.54) is 12.1 Å². The van der Waals surface area contributed by atoms with Crippen LogP contribution in [0.5, 0.6) is 0 Å². The Morgan fingerprint density at radius 2 is 2.22 bits per heavy atom. The SMILES string of the molecule is CN(C)CCCC1CCc2onc(-c3cccc(F)c3)c2C1=O. The first-order valence-electron chi connectivity index (χ1n) is 7.99. The maximum Gasteiger partial charge on any atom is 0.171 e. The summed E-state index contributed by atoms with van der Waals surface area (Å²) < 4.78 is 18.8. The highest BCUT2D eigenvalue weighted by Gasteiger charge is 2.33. The Hall–Kier alpha value is -2.01. The molecule has 0 amide bonds. The first-order chi connectivity index (χ1) is 11.1. The summed E-state index contributed by atoms with van der Waals surface area (Å²) in [6.07, 6.45) is 3.37. The zero-order chi connectivity index (χ0) is 16.4. The maximum atomic E-state index is 13.5. The minimum absolute atomic E-state index is 0.00848. The Bertz CT molecular complexity index is 709. The summed E-state index contributed by atoms with van der Waals surface area (Å²) in [4.78, 5) is 14.9. The largest absolute Gasteiger partial charge is 0.360 e. The zero-order valence-corrected chi connectivity index (χ0v) is 13.5. The van der Waals surface area contributed by atoms with Crippen LogP contribution in [0.2, 0.25) is 0 Å². The minimum atomic E-state index is -0.343. The van der Waals surface area contributed by atoms with Gasteiger partial charge in [0.05, 0.1) is 5.56 Å². The van der Waals surface area contributed by atoms with Crippen molar-refractivity contribution in [1.82, 2.24) is 10.1 Å². The highest BCUT2D eigenvalue weighted by molar-refractivity contribution is 6.04. The topological polar surface area (TPSA) is 46.3 Å². The number of nitrogens with zero attached hydrogens (tertiary/aromatic N) is 2. The average molecular weight is 316 g/mol. The van der Waals surface area contributed by atoms with Crippen LogP contribution >= 0.6 is 0 Å². The number of carbonyl (C=O) groups excluding carboxylic acids is 1. The monoisotopic (exact) mass is 316 g/mol. The molecule has 2 aromatic rings. The van der Waals surface area contributed by atoms with E-state index in [1.54, 1.807) is 12.1 Å². The van der Waals surface area contributed by atoms with E-state index in [1.807, 2.05) is 14.1 Å². The van der Waals surface area contributed by atoms with Gasteiger partial charge in [0, 0.05) is 17.9 Å². The second-order valence-electron chi connectivity index (χ2n) is 6.39. The molecule has 1 heterocycles. The van der Waals surface area contributed by atoms with E-state index in [2.05, 4.69) is 10.1 Å². The third-order valence-electron chi connectivity index (χ3n) is 4.36. The summed E-state index contributed by atoms with van der Waals surface area (Å²) in [5, 5.41) is 4.03. The summed E-state index contributed by atoms with van der Waals surface area (Å²) in [5.74, 6) is 0.392. The molecule has 3 rings (SSSR count). The Kier molecular flexibility index (Phi) is 4.57. The van der Waals surface area contributed by atoms with E-state index in [-0.39, 0.29) is 17.5 Å². The molecule has 122 valence electrons. The summed E-state index contributed by atoms with van der Waals surface area (Å²) in [7, 11) is 4.06. The fourth-order valence-corrected chi connectivity index (χ4v) is 3.15. The van der Waals surface area contributed by atoms with Gasteiger partial charge >= 0.3 is 0 Å². The number of aromatic nitrogens is 1. The molecule has 0 aliphatic heterocycles. The van der Waals surface area contributed by atoms with Crippen molar-refractivity contribution in [3.05, 3.63) is 41.4 Å². The summed E-state index contributed by atoms with van der Waals surface area (Å²) >= 11 is 0. The van der Waals surface area contributed by atoms with Crippen LogP contribution in [0.25, 0.3) is 11.3 Å². The first kappa shape index (κ1) is 15.9. The van der Waals surface area contributed by atoms with E-state index in [0.29, 0.717) is 22.6 Å². The molecule has 0 saturated carbocycles. The van der Waals surface area contributed by atoms with E-state index in [9.17, 15) is 9.18 Å². The number of carbonyl (C=O) groups is 1. The molecule has 0 radical (unpaired) electrons. The Balaban J connectivity index is 1.84. The predicted octanol–water partition coefficient (Wildman–Crippen LogP) is 3.57. The van der Waals surface area contributed by atoms with Crippen LogP contribution in [0.3, 0.4) is 0 Å². The first-order valence-corrected chi connectivity index (χ1v) is 7.99. The van der Waals surface area contributed by atoms with Crippen molar-refractivity contribution in [2.24, 2.45) is 5.92 Å². The molecule has 0 spiro atoms. The third-order valence-corrected chi connectivity index (χ3v) is 4.36. The van der Waals surface area contributed by atoms with Crippen molar-refractivity contribution < 1.29 is 13.7 Å². The Labute approximate surface area is 135 Å². The van der Waals surface area contributed by atoms with Crippen LogP contribution in [-0.2, 0) is 6.42 Å². The molecule has 1 aromatic heterocycles. The standard InChI is InChI=1S/C18H21FN2O2/c1-21(2)10-4-6-12-8-9-15-16(18(12)22)17(20-23-15)13-5-3-7-14(19)11-13/h3,5,7,11-12H,4,6,8-10H2,1-2H3. The van der Waals surface area contributed by atoms with Gasteiger partial charge in [-0.1, -0.05) is 17.3 Å². The van der Waals surface area contributed by atoms with Gasteiger partial charge in [-0.05, 0) is 52.0 Å². The smallest absolute Gasteiger partial charge is 0.171 e. The number of halogens is 1. The summed E-state index contributed by atoms with van der Waals surface area (Å²) in [5.41, 5.74) is 1.62. The number of aryl methyl sites for hydroxylation is 1. The van der Waals surface area contributed by atoms with Gasteiger partial charge in [0.1, 0.15) is 17.3 Å². The highest BCUT2D eigenvalue weighted by Crippen LogP contribution is 2.35. The molecule has 1 atom stereocenters. The van der Waals surface area contributed by atoms with E-state index >= 15 is 0 Å². The fourth-order valence-electron chi connectivity index (χ4n) is 3.15. The molecule has 0 N–H and O–H groups in total. The second-order valence-corrected chi connectivity index (χ2v) is 6.39. The van der Waals surface area contributed by atoms with Crippen molar-refractivity contribution in [1.29, 1.82) is 0 Å². The molecule has 0 fully saturated rings. The van der Waals surface area contributed by atoms with Crippen LogP contribution < -0.4 is 0 Å². The van der Waals surface area contributed by atoms with Gasteiger partial charge < -0.3 is 9.42 Å². The lowest BCUT2D eigenvalue weighted by atomic mass is 9.82. The maximum absolute atomic E-state index is 13.5. The number of hydrogen-bond donors (Lipinski definition) is 0. The molecule has 0 bridgehead atoms. The molecule has 1 aliphatic carbocycles. The van der Waals surface area contributed by atoms with Crippen LogP contribution in [0.15, 0.2) is 28.8 Å². The van der Waals surface area contributed by atoms with E-state index < -0.39 is 0 Å². The highest BCUT2D eigenvalue weighted by atomic mass is 19.1. The average Bonchev–Trinajstić information content (AvgIpc) is 2.94. The molecule has 0 saturated heterocycles. The van der Waals surface area contributed by atoms with Gasteiger partial charge in [-0.15, -0.1) is 0 Å². The van der Waals surface area contributed by atoms with Crippen LogP contribution in [0.1, 0.15) is 35.4 Å². The number of hydrogen-bond acceptors (Lipinski definition) is 4. The molecule has 23 heavy (non-hydrogen) atoms. The van der Waals surface area contributed by atoms with E-state index in [4.69, 9.17) is 4.52 Å². The Morgan fingerprint density at radius 3 is 2.96 bits per heavy atom. The van der Waals surface area contributed by atoms with Crippen molar-refractivity contribution in [3.8, 4) is 11.3 Å². The molecular formula is C18H21FN2O2. The molecule has 4 nitrogen and oxygen atoms in total. The second kappa shape index (κ2) is 6.62. The summed E-state index contributed by atoms with van der Waals surface area (Å²) in [6, 6.07) is 6.14. The summed E-state index contributed by atoms with van der Waals surface area (Å²) in [6.45, 7) is 0.969. The fraction of sp³-hybridized carbons (Fsp3) is 0.444. The number of ketones is 1. The Morgan fingerprint density at radius 1 is 1.39 bits per heavy atom. The van der Waals surface area contributed by atoms with Crippen LogP contribution in [0.4, 0.5) is 4.39 Å². The number of benzene rings is 1. The third kappa shape index (κ3) is 3.34. The quantitative estimate of drug-likeness (QED) is 0.846. The zero-order valence-electron chi connectivity index (χ0n) is 13.5. The van der Waals surface area contributed by atoms with Crippen molar-refractivity contribution in [2.45, 2.75) is 25.7 Å². The van der Waals surface area contributed by atoms with Gasteiger partial charge in [-0.25, -0.2) is 4.39 Å². The number of rotatable bonds is 5. The molecule has 5 heteroatoms. The molecule has 1 aromatic carbocycles. The van der Waals surface area contributed by atoms with Gasteiger partial charge in [-0.2, -0.15) is 0 Å². The van der Waals surface area contributed by atoms with Gasteiger partial charge in [0.25, 0.3) is 0 Å². The minimum Gasteiger partial charge on any atom is -0.360 e. The van der Waals surface area contributed by atoms with Gasteiger partial charge in [-0.3, -0.25) is 4.79 Å². The van der Waals surface area contributed by atoms with Crippen molar-refractivity contribution >= 4 is 5.78 Å². The van der Waals surface area contributed by atoms with Crippen LogP contribution in [0, 0.1) is 11.7 Å². The predicted molar refractivity (Wildman–Crippen MR) is 85.8 cm³/mol. The molecule has 1 aliphatic rings. The lowest BCUT2D eigenvalue weighted by Crippen LogP contribution is -2.23. The lowest BCUT2D eigenvalue weighted by Gasteiger charge is -2.20. The van der Waals surface area contributed by atoms with Gasteiger partial charge in [0.15, 0.2) is 5.78 Å². The normalized spacial score (nSPS) is 17.6. The van der Waals surface area contributed by atoms with Crippen LogP contribution in [-0.4, -0.2) is 36.5 Å². The number of fused-ring (bicyclic) bond motifs is 1. The molecular weight excluding hydrogens is 295 g/mol. The lowest BCUT2D eigenvalue weighted by molar-refractivity contribution is 0.0886.